The fourth-order valence-corrected chi connectivity index (χ4v) is 3.29. The van der Waals surface area contributed by atoms with Crippen LogP contribution in [0.25, 0.3) is 0 Å². The molecule has 4 heteroatoms. The van der Waals surface area contributed by atoms with E-state index in [0.717, 1.165) is 18.3 Å². The molecule has 0 saturated heterocycles. The first-order chi connectivity index (χ1) is 9.38. The number of halogens is 2. The summed E-state index contributed by atoms with van der Waals surface area (Å²) in [5, 5.41) is 0. The Balaban J connectivity index is 0.00000220. The Bertz CT molecular complexity index is 449. The van der Waals surface area contributed by atoms with Crippen molar-refractivity contribution in [2.45, 2.75) is 70.9 Å². The molecule has 2 rings (SSSR count). The molecule has 2 N–H and O–H groups in total. The van der Waals surface area contributed by atoms with E-state index in [4.69, 9.17) is 5.73 Å². The lowest BCUT2D eigenvalue weighted by molar-refractivity contribution is 0.184. The van der Waals surface area contributed by atoms with Gasteiger partial charge in [-0.1, -0.05) is 52.2 Å². The molecule has 1 aromatic carbocycles. The molecule has 0 aromatic heterocycles. The van der Waals surface area contributed by atoms with Crippen LogP contribution < -0.4 is 5.73 Å². The summed E-state index contributed by atoms with van der Waals surface area (Å²) in [6, 6.07) is 7.32. The number of rotatable bonds is 3. The van der Waals surface area contributed by atoms with Crippen molar-refractivity contribution in [2.75, 3.05) is 12.8 Å². The fourth-order valence-electron chi connectivity index (χ4n) is 3.29. The van der Waals surface area contributed by atoms with Crippen molar-refractivity contribution in [1.82, 2.24) is 4.90 Å². The fraction of sp³-hybridized carbons (Fsp3) is 0.667. The van der Waals surface area contributed by atoms with Crippen LogP contribution in [0.15, 0.2) is 18.2 Å². The normalized spacial score (nSPS) is 16.0. The highest BCUT2D eigenvalue weighted by molar-refractivity contribution is 5.85. The molecule has 0 unspecified atom stereocenters. The van der Waals surface area contributed by atoms with Gasteiger partial charge in [0.1, 0.15) is 0 Å². The van der Waals surface area contributed by atoms with Crippen LogP contribution in [-0.4, -0.2) is 18.0 Å². The standard InChI is InChI=1S/C18H30N2.2ClH/c1-18(2,3)16-12-14(10-11-17(16)19)13-20(4)15-8-6-5-7-9-15;;/h10-12,15H,5-9,13,19H2,1-4H3;2*1H. The van der Waals surface area contributed by atoms with E-state index in [1.165, 1.54) is 43.2 Å². The second-order valence-electron chi connectivity index (χ2n) is 7.38. The number of benzene rings is 1. The summed E-state index contributed by atoms with van der Waals surface area (Å²) >= 11 is 0. The minimum absolute atomic E-state index is 0. The highest BCUT2D eigenvalue weighted by atomic mass is 35.5. The SMILES string of the molecule is CN(Cc1ccc(N)c(C(C)(C)C)c1)C1CCCCC1.Cl.Cl. The molecule has 128 valence electrons. The van der Waals surface area contributed by atoms with Crippen molar-refractivity contribution < 1.29 is 0 Å². The quantitative estimate of drug-likeness (QED) is 0.764. The number of nitrogens with two attached hydrogens (primary N) is 1. The van der Waals surface area contributed by atoms with E-state index in [1.54, 1.807) is 0 Å². The molecule has 1 aliphatic carbocycles. The van der Waals surface area contributed by atoms with Gasteiger partial charge >= 0.3 is 0 Å². The Morgan fingerprint density at radius 3 is 2.23 bits per heavy atom. The monoisotopic (exact) mass is 346 g/mol. The van der Waals surface area contributed by atoms with Gasteiger partial charge in [0.15, 0.2) is 0 Å². The summed E-state index contributed by atoms with van der Waals surface area (Å²) in [4.78, 5) is 2.52. The maximum atomic E-state index is 6.14. The first-order valence-electron chi connectivity index (χ1n) is 7.97. The van der Waals surface area contributed by atoms with Crippen molar-refractivity contribution in [1.29, 1.82) is 0 Å². The van der Waals surface area contributed by atoms with Gasteiger partial charge in [0.05, 0.1) is 0 Å². The zero-order valence-corrected chi connectivity index (χ0v) is 16.0. The predicted molar refractivity (Wildman–Crippen MR) is 102 cm³/mol. The predicted octanol–water partition coefficient (Wildman–Crippen LogP) is 5.17. The van der Waals surface area contributed by atoms with E-state index in [1.807, 2.05) is 0 Å². The summed E-state index contributed by atoms with van der Waals surface area (Å²) < 4.78 is 0. The Kier molecular flexibility index (Phi) is 8.82. The number of hydrogen-bond acceptors (Lipinski definition) is 2. The molecule has 1 aliphatic rings. The second kappa shape index (κ2) is 9.00. The summed E-state index contributed by atoms with van der Waals surface area (Å²) in [5.74, 6) is 0. The average molecular weight is 347 g/mol. The lowest BCUT2D eigenvalue weighted by Gasteiger charge is -2.31. The van der Waals surface area contributed by atoms with Crippen LogP contribution in [0.3, 0.4) is 0 Å². The molecule has 0 spiro atoms. The molecule has 1 saturated carbocycles. The molecular weight excluding hydrogens is 315 g/mol. The molecule has 0 radical (unpaired) electrons. The Labute approximate surface area is 148 Å². The summed E-state index contributed by atoms with van der Waals surface area (Å²) in [6.07, 6.45) is 6.92. The summed E-state index contributed by atoms with van der Waals surface area (Å²) in [6.45, 7) is 7.72. The molecule has 0 amide bonds. The first-order valence-corrected chi connectivity index (χ1v) is 7.97. The maximum Gasteiger partial charge on any atom is 0.0352 e. The van der Waals surface area contributed by atoms with E-state index in [0.29, 0.717) is 0 Å². The molecule has 0 heterocycles. The van der Waals surface area contributed by atoms with Gasteiger partial charge in [-0.2, -0.15) is 0 Å². The van der Waals surface area contributed by atoms with Gasteiger partial charge in [0, 0.05) is 18.3 Å². The van der Waals surface area contributed by atoms with Crippen LogP contribution in [0.1, 0.15) is 64.0 Å². The zero-order chi connectivity index (χ0) is 14.8. The van der Waals surface area contributed by atoms with Gasteiger partial charge < -0.3 is 5.73 Å². The number of hydrogen-bond donors (Lipinski definition) is 1. The lowest BCUT2D eigenvalue weighted by atomic mass is 9.85. The molecule has 1 fully saturated rings. The van der Waals surface area contributed by atoms with Crippen molar-refractivity contribution in [3.05, 3.63) is 29.3 Å². The third-order valence-corrected chi connectivity index (χ3v) is 4.56. The van der Waals surface area contributed by atoms with Crippen molar-refractivity contribution in [2.24, 2.45) is 0 Å². The molecule has 0 atom stereocenters. The highest BCUT2D eigenvalue weighted by Crippen LogP contribution is 2.29. The van der Waals surface area contributed by atoms with Gasteiger partial charge in [0.2, 0.25) is 0 Å². The molecular formula is C18H32Cl2N2. The minimum atomic E-state index is 0. The van der Waals surface area contributed by atoms with Gasteiger partial charge in [-0.25, -0.2) is 0 Å². The first kappa shape index (κ1) is 21.6. The molecule has 1 aromatic rings. The van der Waals surface area contributed by atoms with Crippen molar-refractivity contribution in [3.63, 3.8) is 0 Å². The van der Waals surface area contributed by atoms with Gasteiger partial charge in [-0.05, 0) is 42.5 Å². The van der Waals surface area contributed by atoms with E-state index >= 15 is 0 Å². The van der Waals surface area contributed by atoms with Crippen LogP contribution in [0, 0.1) is 0 Å². The largest absolute Gasteiger partial charge is 0.398 e. The lowest BCUT2D eigenvalue weighted by Crippen LogP contribution is -2.33. The average Bonchev–Trinajstić information content (AvgIpc) is 2.40. The van der Waals surface area contributed by atoms with Crippen LogP contribution in [-0.2, 0) is 12.0 Å². The smallest absolute Gasteiger partial charge is 0.0352 e. The highest BCUT2D eigenvalue weighted by Gasteiger charge is 2.20. The van der Waals surface area contributed by atoms with Crippen LogP contribution in [0.4, 0.5) is 5.69 Å². The van der Waals surface area contributed by atoms with Crippen molar-refractivity contribution >= 4 is 30.5 Å². The van der Waals surface area contributed by atoms with Crippen LogP contribution >= 0.6 is 24.8 Å². The number of anilines is 1. The third-order valence-electron chi connectivity index (χ3n) is 4.56. The molecule has 2 nitrogen and oxygen atoms in total. The molecule has 0 aliphatic heterocycles. The number of nitrogen functional groups attached to an aromatic ring is 1. The van der Waals surface area contributed by atoms with Gasteiger partial charge in [0.25, 0.3) is 0 Å². The molecule has 22 heavy (non-hydrogen) atoms. The topological polar surface area (TPSA) is 29.3 Å². The van der Waals surface area contributed by atoms with E-state index in [2.05, 4.69) is 50.9 Å². The third kappa shape index (κ3) is 5.64. The van der Waals surface area contributed by atoms with E-state index in [9.17, 15) is 0 Å². The van der Waals surface area contributed by atoms with Gasteiger partial charge in [-0.15, -0.1) is 24.8 Å². The second-order valence-corrected chi connectivity index (χ2v) is 7.38. The Hall–Kier alpha value is -0.440. The Morgan fingerprint density at radius 1 is 1.09 bits per heavy atom. The van der Waals surface area contributed by atoms with Crippen LogP contribution in [0.2, 0.25) is 0 Å². The van der Waals surface area contributed by atoms with Gasteiger partial charge in [-0.3, -0.25) is 4.90 Å². The van der Waals surface area contributed by atoms with Crippen LogP contribution in [0.5, 0.6) is 0 Å². The minimum Gasteiger partial charge on any atom is -0.398 e. The van der Waals surface area contributed by atoms with E-state index < -0.39 is 0 Å². The Morgan fingerprint density at radius 2 is 1.68 bits per heavy atom. The van der Waals surface area contributed by atoms with E-state index in [-0.39, 0.29) is 30.2 Å². The number of nitrogens with zero attached hydrogens (tertiary/aromatic N) is 1. The van der Waals surface area contributed by atoms with Crippen molar-refractivity contribution in [3.8, 4) is 0 Å². The summed E-state index contributed by atoms with van der Waals surface area (Å²) in [5.41, 5.74) is 9.83. The molecule has 0 bridgehead atoms. The summed E-state index contributed by atoms with van der Waals surface area (Å²) in [7, 11) is 2.27. The zero-order valence-electron chi connectivity index (χ0n) is 14.4. The maximum absolute atomic E-state index is 6.14.